The largest absolute Gasteiger partial charge is 0.461 e. The number of ether oxygens (including phenoxy) is 1. The average Bonchev–Trinajstić information content (AvgIpc) is 2.34. The van der Waals surface area contributed by atoms with Gasteiger partial charge in [0.1, 0.15) is 12.9 Å². The van der Waals surface area contributed by atoms with E-state index >= 15 is 0 Å². The lowest BCUT2D eigenvalue weighted by Gasteiger charge is -2.11. The smallest absolute Gasteiger partial charge is 0.309 e. The van der Waals surface area contributed by atoms with E-state index in [9.17, 15) is 9.59 Å². The van der Waals surface area contributed by atoms with Crippen molar-refractivity contribution in [2.75, 3.05) is 0 Å². The normalized spacial score (nSPS) is 11.8. The first-order valence-corrected chi connectivity index (χ1v) is 5.42. The van der Waals surface area contributed by atoms with Gasteiger partial charge >= 0.3 is 5.97 Å². The zero-order chi connectivity index (χ0) is 11.8. The van der Waals surface area contributed by atoms with Gasteiger partial charge in [0, 0.05) is 6.42 Å². The Morgan fingerprint density at radius 2 is 2.06 bits per heavy atom. The Kier molecular flexibility index (Phi) is 5.26. The third-order valence-electron chi connectivity index (χ3n) is 2.43. The first kappa shape index (κ1) is 12.4. The molecule has 0 saturated heterocycles. The highest BCUT2D eigenvalue weighted by Gasteiger charge is 2.17. The van der Waals surface area contributed by atoms with E-state index in [-0.39, 0.29) is 24.9 Å². The molecule has 3 heteroatoms. The summed E-state index contributed by atoms with van der Waals surface area (Å²) in [6.07, 6.45) is 1.63. The van der Waals surface area contributed by atoms with Crippen LogP contribution in [0.2, 0.25) is 0 Å². The topological polar surface area (TPSA) is 43.4 Å². The van der Waals surface area contributed by atoms with Crippen LogP contribution in [0.5, 0.6) is 0 Å². The molecule has 0 bridgehead atoms. The van der Waals surface area contributed by atoms with Crippen molar-refractivity contribution >= 4 is 12.3 Å². The first-order valence-electron chi connectivity index (χ1n) is 5.42. The fraction of sp³-hybridized carbons (Fsp3) is 0.385. The van der Waals surface area contributed by atoms with E-state index in [1.54, 1.807) is 0 Å². The van der Waals surface area contributed by atoms with Gasteiger partial charge in [0.2, 0.25) is 0 Å². The maximum absolute atomic E-state index is 11.6. The third-order valence-corrected chi connectivity index (χ3v) is 2.43. The minimum absolute atomic E-state index is 0.240. The van der Waals surface area contributed by atoms with E-state index in [0.717, 1.165) is 11.8 Å². The van der Waals surface area contributed by atoms with Crippen molar-refractivity contribution in [1.29, 1.82) is 0 Å². The number of carbonyl (C=O) groups excluding carboxylic acids is 2. The fourth-order valence-electron chi connectivity index (χ4n) is 1.39. The lowest BCUT2D eigenvalue weighted by atomic mass is 10.0. The molecule has 0 radical (unpaired) electrons. The Hall–Kier alpha value is -1.64. The van der Waals surface area contributed by atoms with Gasteiger partial charge in [-0.15, -0.1) is 0 Å². The molecule has 1 atom stereocenters. The highest BCUT2D eigenvalue weighted by Crippen LogP contribution is 2.10. The van der Waals surface area contributed by atoms with Crippen molar-refractivity contribution in [2.24, 2.45) is 5.92 Å². The number of aldehydes is 1. The molecule has 86 valence electrons. The van der Waals surface area contributed by atoms with Crippen LogP contribution in [-0.2, 0) is 20.9 Å². The van der Waals surface area contributed by atoms with Crippen LogP contribution in [0, 0.1) is 5.92 Å². The molecule has 0 aliphatic carbocycles. The molecule has 3 nitrogen and oxygen atoms in total. The molecule has 1 aromatic carbocycles. The molecule has 0 saturated carbocycles. The predicted octanol–water partition coefficient (Wildman–Crippen LogP) is 2.35. The van der Waals surface area contributed by atoms with Crippen molar-refractivity contribution in [3.8, 4) is 0 Å². The van der Waals surface area contributed by atoms with Crippen LogP contribution in [0.4, 0.5) is 0 Å². The van der Waals surface area contributed by atoms with Crippen molar-refractivity contribution < 1.29 is 14.3 Å². The molecule has 0 aliphatic heterocycles. The molecular formula is C13H16O3. The second kappa shape index (κ2) is 6.77. The van der Waals surface area contributed by atoms with Crippen LogP contribution in [0.3, 0.4) is 0 Å². The van der Waals surface area contributed by atoms with Crippen LogP contribution in [0.1, 0.15) is 25.3 Å². The van der Waals surface area contributed by atoms with Gasteiger partial charge in [-0.25, -0.2) is 0 Å². The highest BCUT2D eigenvalue weighted by molar-refractivity contribution is 5.75. The van der Waals surface area contributed by atoms with Crippen molar-refractivity contribution in [2.45, 2.75) is 26.4 Å². The average molecular weight is 220 g/mol. The summed E-state index contributed by atoms with van der Waals surface area (Å²) in [5.41, 5.74) is 0.955. The van der Waals surface area contributed by atoms with E-state index < -0.39 is 0 Å². The number of benzene rings is 1. The van der Waals surface area contributed by atoms with Gasteiger partial charge in [-0.05, 0) is 12.0 Å². The van der Waals surface area contributed by atoms with E-state index in [2.05, 4.69) is 0 Å². The first-order chi connectivity index (χ1) is 7.77. The Morgan fingerprint density at radius 1 is 1.38 bits per heavy atom. The number of rotatable bonds is 6. The van der Waals surface area contributed by atoms with Gasteiger partial charge in [0.25, 0.3) is 0 Å². The molecule has 0 aromatic heterocycles. The van der Waals surface area contributed by atoms with Crippen LogP contribution < -0.4 is 0 Å². The zero-order valence-corrected chi connectivity index (χ0v) is 9.39. The summed E-state index contributed by atoms with van der Waals surface area (Å²) in [5, 5.41) is 0. The fourth-order valence-corrected chi connectivity index (χ4v) is 1.39. The highest BCUT2D eigenvalue weighted by atomic mass is 16.5. The van der Waals surface area contributed by atoms with Crippen LogP contribution in [-0.4, -0.2) is 12.3 Å². The van der Waals surface area contributed by atoms with Gasteiger partial charge in [0.15, 0.2) is 0 Å². The summed E-state index contributed by atoms with van der Waals surface area (Å²) < 4.78 is 5.14. The zero-order valence-electron chi connectivity index (χ0n) is 9.39. The molecule has 0 amide bonds. The monoisotopic (exact) mass is 220 g/mol. The Balaban J connectivity index is 2.42. The van der Waals surface area contributed by atoms with Crippen molar-refractivity contribution in [3.63, 3.8) is 0 Å². The van der Waals surface area contributed by atoms with Crippen molar-refractivity contribution in [1.82, 2.24) is 0 Å². The second-order valence-electron chi connectivity index (χ2n) is 3.60. The molecule has 0 aliphatic rings. The lowest BCUT2D eigenvalue weighted by molar-refractivity contribution is -0.150. The molecular weight excluding hydrogens is 204 g/mol. The van der Waals surface area contributed by atoms with Gasteiger partial charge < -0.3 is 9.53 Å². The second-order valence-corrected chi connectivity index (χ2v) is 3.60. The molecule has 1 aromatic rings. The molecule has 1 rings (SSSR count). The number of esters is 1. The van der Waals surface area contributed by atoms with Crippen LogP contribution in [0.25, 0.3) is 0 Å². The SMILES string of the molecule is CCC(CC=O)C(=O)OCc1ccccc1. The van der Waals surface area contributed by atoms with Crippen LogP contribution in [0.15, 0.2) is 30.3 Å². The van der Waals surface area contributed by atoms with E-state index in [1.807, 2.05) is 37.3 Å². The molecule has 0 N–H and O–H groups in total. The Morgan fingerprint density at radius 3 is 2.62 bits per heavy atom. The summed E-state index contributed by atoms with van der Waals surface area (Å²) >= 11 is 0. The Labute approximate surface area is 95.4 Å². The van der Waals surface area contributed by atoms with Gasteiger partial charge in [-0.2, -0.15) is 0 Å². The quantitative estimate of drug-likeness (QED) is 0.546. The summed E-state index contributed by atoms with van der Waals surface area (Å²) in [5.74, 6) is -0.598. The van der Waals surface area contributed by atoms with Crippen molar-refractivity contribution in [3.05, 3.63) is 35.9 Å². The number of hydrogen-bond donors (Lipinski definition) is 0. The Bertz CT molecular complexity index is 332. The molecule has 0 heterocycles. The van der Waals surface area contributed by atoms with Gasteiger partial charge in [-0.3, -0.25) is 4.79 Å². The number of carbonyl (C=O) groups is 2. The minimum Gasteiger partial charge on any atom is -0.461 e. The maximum Gasteiger partial charge on any atom is 0.309 e. The number of hydrogen-bond acceptors (Lipinski definition) is 3. The van der Waals surface area contributed by atoms with Gasteiger partial charge in [0.05, 0.1) is 5.92 Å². The van der Waals surface area contributed by atoms with Gasteiger partial charge in [-0.1, -0.05) is 37.3 Å². The maximum atomic E-state index is 11.6. The summed E-state index contributed by atoms with van der Waals surface area (Å²) in [6, 6.07) is 9.49. The van der Waals surface area contributed by atoms with E-state index in [4.69, 9.17) is 4.74 Å². The molecule has 0 spiro atoms. The standard InChI is InChI=1S/C13H16O3/c1-2-12(8-9-14)13(15)16-10-11-6-4-3-5-7-11/h3-7,9,12H,2,8,10H2,1H3. The molecule has 16 heavy (non-hydrogen) atoms. The summed E-state index contributed by atoms with van der Waals surface area (Å²) in [7, 11) is 0. The van der Waals surface area contributed by atoms with Crippen LogP contribution >= 0.6 is 0 Å². The van der Waals surface area contributed by atoms with E-state index in [0.29, 0.717) is 6.42 Å². The molecule has 1 unspecified atom stereocenters. The third kappa shape index (κ3) is 3.85. The molecule has 0 fully saturated rings. The minimum atomic E-state index is -0.304. The summed E-state index contributed by atoms with van der Waals surface area (Å²) in [4.78, 5) is 21.9. The summed E-state index contributed by atoms with van der Waals surface area (Å²) in [6.45, 7) is 2.15. The lowest BCUT2D eigenvalue weighted by Crippen LogP contribution is -2.17. The predicted molar refractivity (Wildman–Crippen MR) is 60.7 cm³/mol. The van der Waals surface area contributed by atoms with E-state index in [1.165, 1.54) is 0 Å².